The Labute approximate surface area is 261 Å². The second-order valence-electron chi connectivity index (χ2n) is 6.86. The van der Waals surface area contributed by atoms with Gasteiger partial charge in [0.2, 0.25) is 0 Å². The van der Waals surface area contributed by atoms with Crippen LogP contribution in [0, 0.1) is 5.41 Å². The van der Waals surface area contributed by atoms with Crippen molar-refractivity contribution in [3.05, 3.63) is 0 Å². The monoisotopic (exact) mass is 680 g/mol. The first-order valence-electron chi connectivity index (χ1n) is 11.2. The van der Waals surface area contributed by atoms with E-state index in [0.717, 1.165) is 0 Å². The minimum absolute atomic E-state index is 0.156. The summed E-state index contributed by atoms with van der Waals surface area (Å²) in [4.78, 5) is 48.1. The lowest BCUT2D eigenvalue weighted by atomic mass is 9.93. The minimum atomic E-state index is -1.11. The number of carbonyl (C=O) groups is 5. The average molecular weight is 681 g/mol. The van der Waals surface area contributed by atoms with Crippen molar-refractivity contribution < 1.29 is 69.9 Å². The zero-order valence-corrected chi connectivity index (χ0v) is 26.5. The van der Waals surface area contributed by atoms with Crippen LogP contribution >= 0.6 is 63.1 Å². The lowest BCUT2D eigenvalue weighted by molar-refractivity contribution is -0.137. The Morgan fingerprint density at radius 2 is 0.750 bits per heavy atom. The zero-order chi connectivity index (χ0) is 33.2. The Kier molecular flexibility index (Phi) is 51.8. The molecule has 19 heteroatoms. The van der Waals surface area contributed by atoms with Gasteiger partial charge in [0.15, 0.2) is 0 Å². The maximum Gasteiger partial charge on any atom is 0.316 e. The lowest BCUT2D eigenvalue weighted by Crippen LogP contribution is -2.37. The van der Waals surface area contributed by atoms with Gasteiger partial charge in [0.25, 0.3) is 0 Å². The quantitative estimate of drug-likeness (QED) is 0.110. The number of aliphatic carboxylic acids is 5. The molecule has 0 saturated carbocycles. The van der Waals surface area contributed by atoms with E-state index in [1.165, 1.54) is 0 Å². The Hall–Kier alpha value is -1.06. The summed E-state index contributed by atoms with van der Waals surface area (Å²) in [5, 5.41) is 73.1. The molecule has 0 aliphatic rings. The summed E-state index contributed by atoms with van der Waals surface area (Å²) in [6.45, 7) is 0.159. The zero-order valence-electron chi connectivity index (χ0n) is 22.1. The predicted molar refractivity (Wildman–Crippen MR) is 166 cm³/mol. The van der Waals surface area contributed by atoms with Crippen LogP contribution in [0.15, 0.2) is 0 Å². The molecule has 242 valence electrons. The van der Waals surface area contributed by atoms with Crippen molar-refractivity contribution in [3.63, 3.8) is 0 Å². The number of hydrogen-bond acceptors (Lipinski definition) is 14. The molecule has 0 aromatic heterocycles. The molecule has 0 aliphatic carbocycles. The average Bonchev–Trinajstić information content (AvgIpc) is 2.87. The van der Waals surface area contributed by atoms with Crippen LogP contribution in [0.3, 0.4) is 0 Å². The lowest BCUT2D eigenvalue weighted by Gasteiger charge is -2.23. The molecule has 1 unspecified atom stereocenters. The van der Waals surface area contributed by atoms with E-state index in [1.54, 1.807) is 6.92 Å². The smallest absolute Gasteiger partial charge is 0.316 e. The second kappa shape index (κ2) is 40.1. The number of thiol groups is 5. The molecule has 0 spiro atoms. The van der Waals surface area contributed by atoms with E-state index in [4.69, 9.17) is 46.0 Å². The molecule has 1 atom stereocenters. The van der Waals surface area contributed by atoms with Crippen molar-refractivity contribution in [3.8, 4) is 0 Å². The number of aliphatic hydroxyl groups excluding tert-OH is 4. The summed E-state index contributed by atoms with van der Waals surface area (Å²) in [6.07, 6.45) is 1.21. The maximum absolute atomic E-state index is 9.85. The fourth-order valence-electron chi connectivity index (χ4n) is 0.857. The molecule has 14 nitrogen and oxygen atoms in total. The van der Waals surface area contributed by atoms with Gasteiger partial charge >= 0.3 is 29.8 Å². The summed E-state index contributed by atoms with van der Waals surface area (Å²) >= 11 is 18.4. The van der Waals surface area contributed by atoms with Crippen LogP contribution in [0.4, 0.5) is 0 Å². The Balaban J connectivity index is -0.0000000874. The van der Waals surface area contributed by atoms with Crippen molar-refractivity contribution in [2.45, 2.75) is 44.3 Å². The molecule has 0 radical (unpaired) electrons. The third-order valence-corrected chi connectivity index (χ3v) is 4.80. The largest absolute Gasteiger partial charge is 0.481 e. The van der Waals surface area contributed by atoms with Gasteiger partial charge in [-0.3, -0.25) is 24.0 Å². The van der Waals surface area contributed by atoms with Crippen molar-refractivity contribution >= 4 is 93.0 Å². The third-order valence-electron chi connectivity index (χ3n) is 3.32. The van der Waals surface area contributed by atoms with Crippen LogP contribution < -0.4 is 0 Å². The van der Waals surface area contributed by atoms with E-state index in [2.05, 4.69) is 63.1 Å². The van der Waals surface area contributed by atoms with Gasteiger partial charge in [0.1, 0.15) is 0 Å². The molecular formula is C21H44O14S5. The number of aliphatic hydroxyl groups is 4. The molecule has 0 heterocycles. The highest BCUT2D eigenvalue weighted by Crippen LogP contribution is 2.11. The van der Waals surface area contributed by atoms with E-state index in [9.17, 15) is 24.0 Å². The molecule has 0 rings (SSSR count). The van der Waals surface area contributed by atoms with Gasteiger partial charge in [-0.15, -0.1) is 0 Å². The molecular weight excluding hydrogens is 637 g/mol. The normalized spacial score (nSPS) is 9.95. The summed E-state index contributed by atoms with van der Waals surface area (Å²) in [5.41, 5.74) is -1.11. The summed E-state index contributed by atoms with van der Waals surface area (Å²) in [5.74, 6) is -2.29. The van der Waals surface area contributed by atoms with Crippen LogP contribution in [0.1, 0.15) is 39.0 Å². The van der Waals surface area contributed by atoms with Crippen LogP contribution in [0.2, 0.25) is 0 Å². The number of carboxylic acid groups (broad SMARTS) is 5. The SMILES string of the molecule is CCC(S)C(=O)O.O=C(O)CCS.O=C(O)CCS.O=C(O)CCS.O=C(O)CCS.OCC(CO)(CO)CO. The van der Waals surface area contributed by atoms with Crippen LogP contribution in [0.5, 0.6) is 0 Å². The van der Waals surface area contributed by atoms with E-state index in [0.29, 0.717) is 29.4 Å². The van der Waals surface area contributed by atoms with Crippen molar-refractivity contribution in [2.75, 3.05) is 49.4 Å². The number of rotatable bonds is 14. The Bertz CT molecular complexity index is 541. The Morgan fingerprint density at radius 1 is 0.550 bits per heavy atom. The molecule has 0 fully saturated rings. The second-order valence-corrected chi connectivity index (χ2v) is 9.28. The van der Waals surface area contributed by atoms with E-state index < -0.39 is 66.9 Å². The highest BCUT2D eigenvalue weighted by Gasteiger charge is 2.26. The van der Waals surface area contributed by atoms with Gasteiger partial charge in [-0.1, -0.05) is 6.92 Å². The van der Waals surface area contributed by atoms with E-state index in [1.807, 2.05) is 0 Å². The first-order valence-corrected chi connectivity index (χ1v) is 14.2. The van der Waals surface area contributed by atoms with Crippen molar-refractivity contribution in [1.29, 1.82) is 0 Å². The summed E-state index contributed by atoms with van der Waals surface area (Å²) in [6, 6.07) is 0. The van der Waals surface area contributed by atoms with E-state index >= 15 is 0 Å². The maximum atomic E-state index is 9.85. The molecule has 0 aliphatic heterocycles. The van der Waals surface area contributed by atoms with Gasteiger partial charge in [0, 0.05) is 23.0 Å². The molecule has 0 bridgehead atoms. The minimum Gasteiger partial charge on any atom is -0.481 e. The van der Waals surface area contributed by atoms with Crippen molar-refractivity contribution in [2.24, 2.45) is 5.41 Å². The molecule has 0 aromatic rings. The highest BCUT2D eigenvalue weighted by atomic mass is 32.1. The summed E-state index contributed by atoms with van der Waals surface area (Å²) in [7, 11) is 0. The van der Waals surface area contributed by atoms with Gasteiger partial charge in [0.05, 0.1) is 62.8 Å². The fourth-order valence-corrected chi connectivity index (χ4v) is 1.62. The third kappa shape index (κ3) is 57.0. The molecule has 0 aromatic carbocycles. The van der Waals surface area contributed by atoms with Crippen LogP contribution in [-0.4, -0.2) is 130 Å². The first-order chi connectivity index (χ1) is 18.5. The predicted octanol–water partition coefficient (Wildman–Crippen LogP) is 0.285. The number of carboxylic acids is 5. The number of hydrogen-bond donors (Lipinski definition) is 14. The first kappa shape index (κ1) is 51.7. The van der Waals surface area contributed by atoms with Gasteiger partial charge < -0.3 is 46.0 Å². The molecule has 9 N–H and O–H groups in total. The fraction of sp³-hybridized carbons (Fsp3) is 0.762. The van der Waals surface area contributed by atoms with Gasteiger partial charge in [-0.25, -0.2) is 0 Å². The van der Waals surface area contributed by atoms with Gasteiger partial charge in [-0.05, 0) is 6.42 Å². The van der Waals surface area contributed by atoms with Crippen LogP contribution in [-0.2, 0) is 24.0 Å². The van der Waals surface area contributed by atoms with Gasteiger partial charge in [-0.2, -0.15) is 63.1 Å². The van der Waals surface area contributed by atoms with Crippen LogP contribution in [0.25, 0.3) is 0 Å². The molecule has 0 amide bonds. The Morgan fingerprint density at radius 3 is 0.750 bits per heavy atom. The standard InChI is InChI=1S/C5H12O4.C4H8O2S.4C3H6O2S/c6-1-5(2-7,3-8)4-9;1-2-3(7)4(5)6;4*4-3(5)1-2-6/h6-9H,1-4H2;3,7H,2H2,1H3,(H,5,6);4*6H,1-2H2,(H,4,5). The van der Waals surface area contributed by atoms with E-state index in [-0.39, 0.29) is 25.7 Å². The summed E-state index contributed by atoms with van der Waals surface area (Å²) < 4.78 is 0. The highest BCUT2D eigenvalue weighted by molar-refractivity contribution is 7.81. The topological polar surface area (TPSA) is 267 Å². The molecule has 0 saturated heterocycles. The molecule has 40 heavy (non-hydrogen) atoms. The van der Waals surface area contributed by atoms with Crippen molar-refractivity contribution in [1.82, 2.24) is 0 Å².